The fourth-order valence-corrected chi connectivity index (χ4v) is 1.93. The van der Waals surface area contributed by atoms with Gasteiger partial charge in [0, 0.05) is 6.54 Å². The van der Waals surface area contributed by atoms with E-state index in [1.807, 2.05) is 0 Å². The van der Waals surface area contributed by atoms with E-state index in [2.05, 4.69) is 4.90 Å². The Hall–Kier alpha value is 0.320. The molecule has 0 aromatic rings. The van der Waals surface area contributed by atoms with Gasteiger partial charge in [-0.05, 0) is 31.8 Å². The molecule has 3 aliphatic heterocycles. The number of piperidine rings is 3. The molecule has 0 saturated carbocycles. The predicted octanol–water partition coefficient (Wildman–Crippen LogP) is -2.67. The Morgan fingerprint density at radius 1 is 1.38 bits per heavy atom. The molecule has 0 aromatic carbocycles. The van der Waals surface area contributed by atoms with Crippen LogP contribution >= 0.6 is 0 Å². The van der Waals surface area contributed by atoms with Crippen molar-refractivity contribution in [1.29, 1.82) is 0 Å². The maximum absolute atomic E-state index is 9.36. The van der Waals surface area contributed by atoms with Crippen LogP contribution in [0.1, 0.15) is 12.8 Å². The molecule has 3 fully saturated rings. The minimum absolute atomic E-state index is 0. The van der Waals surface area contributed by atoms with E-state index in [1.54, 1.807) is 0 Å². The van der Waals surface area contributed by atoms with Crippen molar-refractivity contribution >= 4 is 0 Å². The van der Waals surface area contributed by atoms with E-state index in [9.17, 15) is 5.11 Å². The van der Waals surface area contributed by atoms with E-state index in [-0.39, 0.29) is 35.7 Å². The number of nitrogens with zero attached hydrogens (tertiary/aromatic N) is 2. The summed E-state index contributed by atoms with van der Waals surface area (Å²) in [6, 6.07) is 0. The van der Waals surface area contributed by atoms with Crippen LogP contribution in [0.5, 0.6) is 0 Å². The normalized spacial score (nSPS) is 35.3. The van der Waals surface area contributed by atoms with Crippen LogP contribution < -0.4 is 29.6 Å². The topological polar surface area (TPSA) is 76.0 Å². The number of fused-ring (bicyclic) bond motifs is 3. The first kappa shape index (κ1) is 13.3. The molecule has 0 aromatic heterocycles. The number of aliphatic hydroxyl groups excluding tert-OH is 1. The van der Waals surface area contributed by atoms with Gasteiger partial charge < -0.3 is 20.1 Å². The van der Waals surface area contributed by atoms with Crippen molar-refractivity contribution in [2.45, 2.75) is 18.9 Å². The maximum atomic E-state index is 9.36. The first-order chi connectivity index (χ1) is 5.77. The Kier molecular flexibility index (Phi) is 6.89. The summed E-state index contributed by atoms with van der Waals surface area (Å²) in [5.41, 5.74) is 0. The van der Waals surface area contributed by atoms with E-state index >= 15 is 0 Å². The van der Waals surface area contributed by atoms with Crippen molar-refractivity contribution in [1.82, 2.24) is 4.90 Å². The molecule has 6 heteroatoms. The average Bonchev–Trinajstić information content (AvgIpc) is 2.07. The molecule has 3 saturated heterocycles. The monoisotopic (exact) mass is 196 g/mol. The van der Waals surface area contributed by atoms with Crippen LogP contribution in [0.2, 0.25) is 0 Å². The van der Waals surface area contributed by atoms with Crippen molar-refractivity contribution in [3.05, 3.63) is 10.1 Å². The van der Waals surface area contributed by atoms with Crippen LogP contribution in [0.3, 0.4) is 0 Å². The van der Waals surface area contributed by atoms with E-state index < -0.39 is 0 Å². The molecular formula is C7H13N2NaO3. The third-order valence-corrected chi connectivity index (χ3v) is 2.62. The Labute approximate surface area is 99.3 Å². The summed E-state index contributed by atoms with van der Waals surface area (Å²) in [6.45, 7) is 3.38. The Balaban J connectivity index is 0.000000324. The zero-order chi connectivity index (χ0) is 8.97. The van der Waals surface area contributed by atoms with Crippen molar-refractivity contribution in [2.24, 2.45) is 11.3 Å². The van der Waals surface area contributed by atoms with Gasteiger partial charge >= 0.3 is 29.6 Å². The molecule has 0 unspecified atom stereocenters. The number of hydrogen-bond donors (Lipinski definition) is 1. The second-order valence-corrected chi connectivity index (χ2v) is 3.28. The summed E-state index contributed by atoms with van der Waals surface area (Å²) >= 11 is 0. The molecule has 0 radical (unpaired) electrons. The van der Waals surface area contributed by atoms with Gasteiger partial charge in [0.15, 0.2) is 0 Å². The zero-order valence-corrected chi connectivity index (χ0v) is 9.85. The first-order valence-electron chi connectivity index (χ1n) is 4.13. The largest absolute Gasteiger partial charge is 1.00 e. The predicted molar refractivity (Wildman–Crippen MR) is 44.3 cm³/mol. The van der Waals surface area contributed by atoms with Gasteiger partial charge in [-0.3, -0.25) is 0 Å². The molecule has 0 spiro atoms. The molecule has 1 atom stereocenters. The summed E-state index contributed by atoms with van der Waals surface area (Å²) in [6.07, 6.45) is 2.44. The van der Waals surface area contributed by atoms with Crippen LogP contribution in [0.15, 0.2) is 5.34 Å². The molecule has 3 heterocycles. The standard InChI is InChI=1S/C7H13NO.HNO2.Na/c9-7-5-8-3-1-6(7)2-4-8;2-1-3;/h6-7,9H,1-5H2;(H,2,3);/q;;+1/p-1/t7-;;/m0../s1. The summed E-state index contributed by atoms with van der Waals surface area (Å²) in [7, 11) is 0. The molecule has 0 aliphatic carbocycles. The van der Waals surface area contributed by atoms with Gasteiger partial charge in [0.1, 0.15) is 0 Å². The van der Waals surface area contributed by atoms with E-state index in [1.165, 1.54) is 25.9 Å². The Morgan fingerprint density at radius 2 is 1.85 bits per heavy atom. The molecule has 70 valence electrons. The van der Waals surface area contributed by atoms with Crippen molar-refractivity contribution in [3.63, 3.8) is 0 Å². The fraction of sp³-hybridized carbons (Fsp3) is 1.00. The molecule has 5 nitrogen and oxygen atoms in total. The van der Waals surface area contributed by atoms with Gasteiger partial charge in [-0.1, -0.05) is 0 Å². The van der Waals surface area contributed by atoms with Gasteiger partial charge in [0.2, 0.25) is 0 Å². The summed E-state index contributed by atoms with van der Waals surface area (Å²) in [5.74, 6) is 0.634. The number of hydrogen-bond acceptors (Lipinski definition) is 5. The van der Waals surface area contributed by atoms with Gasteiger partial charge in [-0.25, -0.2) is 0 Å². The summed E-state index contributed by atoms with van der Waals surface area (Å²) in [4.78, 5) is 10.4. The van der Waals surface area contributed by atoms with Crippen LogP contribution in [-0.4, -0.2) is 35.7 Å². The second-order valence-electron chi connectivity index (χ2n) is 3.28. The third-order valence-electron chi connectivity index (χ3n) is 2.62. The van der Waals surface area contributed by atoms with E-state index in [0.29, 0.717) is 5.92 Å². The smallest absolute Gasteiger partial charge is 0.444 e. The van der Waals surface area contributed by atoms with E-state index in [0.717, 1.165) is 11.9 Å². The van der Waals surface area contributed by atoms with Gasteiger partial charge in [0.05, 0.1) is 6.10 Å². The Morgan fingerprint density at radius 3 is 2.00 bits per heavy atom. The fourth-order valence-electron chi connectivity index (χ4n) is 1.93. The number of rotatable bonds is 0. The van der Waals surface area contributed by atoms with Crippen LogP contribution in [0.4, 0.5) is 0 Å². The third kappa shape index (κ3) is 3.91. The minimum Gasteiger partial charge on any atom is -0.444 e. The van der Waals surface area contributed by atoms with E-state index in [4.69, 9.17) is 10.1 Å². The molecule has 13 heavy (non-hydrogen) atoms. The molecular weight excluding hydrogens is 183 g/mol. The minimum atomic E-state index is -0.00694. The first-order valence-corrected chi connectivity index (χ1v) is 4.13. The van der Waals surface area contributed by atoms with Crippen molar-refractivity contribution < 1.29 is 34.7 Å². The molecule has 1 N–H and O–H groups in total. The zero-order valence-electron chi connectivity index (χ0n) is 7.85. The molecule has 3 aliphatic rings. The summed E-state index contributed by atoms with van der Waals surface area (Å²) < 4.78 is 0. The van der Waals surface area contributed by atoms with Gasteiger partial charge in [-0.15, -0.1) is 5.34 Å². The molecule has 2 bridgehead atoms. The van der Waals surface area contributed by atoms with Gasteiger partial charge in [-0.2, -0.15) is 0 Å². The van der Waals surface area contributed by atoms with Crippen LogP contribution in [0, 0.1) is 16.0 Å². The maximum Gasteiger partial charge on any atom is 1.00 e. The SMILES string of the molecule is O=N[O-].O[C@H]1CN2CCC1CC2.[Na+]. The van der Waals surface area contributed by atoms with Gasteiger partial charge in [0.25, 0.3) is 0 Å². The molecule has 3 rings (SSSR count). The molecule has 0 amide bonds. The Bertz CT molecular complexity index is 151. The quantitative estimate of drug-likeness (QED) is 0.260. The second kappa shape index (κ2) is 6.73. The van der Waals surface area contributed by atoms with Crippen molar-refractivity contribution in [3.8, 4) is 0 Å². The van der Waals surface area contributed by atoms with Crippen molar-refractivity contribution in [2.75, 3.05) is 19.6 Å². The number of aliphatic hydroxyl groups is 1. The van der Waals surface area contributed by atoms with Crippen LogP contribution in [-0.2, 0) is 0 Å². The van der Waals surface area contributed by atoms with Crippen LogP contribution in [0.25, 0.3) is 0 Å². The summed E-state index contributed by atoms with van der Waals surface area (Å²) in [5, 5.41) is 18.4. The average molecular weight is 196 g/mol.